The molecule has 1 aliphatic rings. The van der Waals surface area contributed by atoms with E-state index in [0.717, 1.165) is 0 Å². The van der Waals surface area contributed by atoms with Gasteiger partial charge in [-0.2, -0.15) is 0 Å². The SMILES string of the molecule is C(/B1Nc2cccc3cccc(c23)N1)=C(\c1ccccc1)c1cccs1. The van der Waals surface area contributed by atoms with E-state index in [1.54, 1.807) is 11.3 Å². The van der Waals surface area contributed by atoms with Crippen LogP contribution in [0, 0.1) is 0 Å². The van der Waals surface area contributed by atoms with Gasteiger partial charge in [-0.15, -0.1) is 11.3 Å². The highest BCUT2D eigenvalue weighted by Crippen LogP contribution is 2.35. The number of hydrogen-bond acceptors (Lipinski definition) is 3. The van der Waals surface area contributed by atoms with Gasteiger partial charge in [-0.25, -0.2) is 0 Å². The van der Waals surface area contributed by atoms with Crippen molar-refractivity contribution in [3.63, 3.8) is 0 Å². The molecule has 26 heavy (non-hydrogen) atoms. The van der Waals surface area contributed by atoms with Crippen LogP contribution in [0.1, 0.15) is 10.4 Å². The summed E-state index contributed by atoms with van der Waals surface area (Å²) in [4.78, 5) is 1.27. The van der Waals surface area contributed by atoms with Gasteiger partial charge in [0.25, 0.3) is 0 Å². The molecule has 0 atom stereocenters. The first-order chi connectivity index (χ1) is 12.9. The number of nitrogens with one attached hydrogen (secondary N) is 2. The van der Waals surface area contributed by atoms with E-state index in [0.29, 0.717) is 0 Å². The van der Waals surface area contributed by atoms with Crippen molar-refractivity contribution in [2.24, 2.45) is 0 Å². The average Bonchev–Trinajstić information content (AvgIpc) is 3.22. The molecular weight excluding hydrogens is 335 g/mol. The van der Waals surface area contributed by atoms with Gasteiger partial charge in [0.15, 0.2) is 0 Å². The molecule has 0 aliphatic carbocycles. The van der Waals surface area contributed by atoms with Crippen molar-refractivity contribution in [2.45, 2.75) is 0 Å². The minimum Gasteiger partial charge on any atom is -0.405 e. The number of benzene rings is 3. The summed E-state index contributed by atoms with van der Waals surface area (Å²) in [7, 11) is 0. The number of rotatable bonds is 3. The van der Waals surface area contributed by atoms with Crippen LogP contribution in [0.5, 0.6) is 0 Å². The number of anilines is 2. The van der Waals surface area contributed by atoms with Crippen LogP contribution in [-0.2, 0) is 0 Å². The molecule has 4 heteroatoms. The highest BCUT2D eigenvalue weighted by molar-refractivity contribution is 7.11. The molecule has 0 radical (unpaired) electrons. The quantitative estimate of drug-likeness (QED) is 0.449. The van der Waals surface area contributed by atoms with Gasteiger partial charge in [0, 0.05) is 21.6 Å². The molecule has 2 heterocycles. The van der Waals surface area contributed by atoms with Crippen LogP contribution in [-0.4, -0.2) is 6.98 Å². The third-order valence-electron chi connectivity index (χ3n) is 4.73. The highest BCUT2D eigenvalue weighted by atomic mass is 32.1. The maximum Gasteiger partial charge on any atom is 0.399 e. The second-order valence-corrected chi connectivity index (χ2v) is 7.35. The summed E-state index contributed by atoms with van der Waals surface area (Å²) in [5, 5.41) is 11.9. The maximum atomic E-state index is 3.64. The van der Waals surface area contributed by atoms with Crippen molar-refractivity contribution in [3.8, 4) is 0 Å². The molecule has 0 amide bonds. The monoisotopic (exact) mass is 352 g/mol. The molecule has 0 saturated heterocycles. The van der Waals surface area contributed by atoms with Crippen molar-refractivity contribution in [3.05, 3.63) is 101 Å². The molecule has 2 nitrogen and oxygen atoms in total. The molecule has 0 bridgehead atoms. The Morgan fingerprint density at radius 2 is 1.50 bits per heavy atom. The lowest BCUT2D eigenvalue weighted by atomic mass is 9.71. The molecule has 2 N–H and O–H groups in total. The van der Waals surface area contributed by atoms with Gasteiger partial charge in [-0.1, -0.05) is 66.6 Å². The van der Waals surface area contributed by atoms with Gasteiger partial charge in [-0.05, 0) is 40.1 Å². The highest BCUT2D eigenvalue weighted by Gasteiger charge is 2.23. The summed E-state index contributed by atoms with van der Waals surface area (Å²) in [6.45, 7) is 0.0350. The van der Waals surface area contributed by atoms with Crippen LogP contribution in [0.4, 0.5) is 11.4 Å². The van der Waals surface area contributed by atoms with E-state index in [4.69, 9.17) is 0 Å². The molecule has 0 fully saturated rings. The summed E-state index contributed by atoms with van der Waals surface area (Å²) in [5.41, 5.74) is 4.83. The lowest BCUT2D eigenvalue weighted by Crippen LogP contribution is -2.35. The Hall–Kier alpha value is -2.98. The Morgan fingerprint density at radius 3 is 2.15 bits per heavy atom. The predicted octanol–water partition coefficient (Wildman–Crippen LogP) is 5.90. The second-order valence-electron chi connectivity index (χ2n) is 6.40. The lowest BCUT2D eigenvalue weighted by Gasteiger charge is -2.25. The molecule has 3 aromatic carbocycles. The van der Waals surface area contributed by atoms with Crippen LogP contribution in [0.25, 0.3) is 16.3 Å². The minimum absolute atomic E-state index is 0.0350. The minimum atomic E-state index is 0.0350. The van der Waals surface area contributed by atoms with E-state index in [9.17, 15) is 0 Å². The third kappa shape index (κ3) is 2.69. The lowest BCUT2D eigenvalue weighted by molar-refractivity contribution is 1.59. The normalized spacial score (nSPS) is 13.4. The summed E-state index contributed by atoms with van der Waals surface area (Å²) in [6, 6.07) is 27.7. The van der Waals surface area contributed by atoms with Gasteiger partial charge in [0.05, 0.1) is 0 Å². The summed E-state index contributed by atoms with van der Waals surface area (Å²) >= 11 is 1.77. The summed E-state index contributed by atoms with van der Waals surface area (Å²) < 4.78 is 0. The molecule has 0 spiro atoms. The zero-order valence-electron chi connectivity index (χ0n) is 14.1. The topological polar surface area (TPSA) is 24.1 Å². The van der Waals surface area contributed by atoms with E-state index in [1.165, 1.54) is 38.2 Å². The van der Waals surface area contributed by atoms with E-state index in [1.807, 2.05) is 0 Å². The maximum absolute atomic E-state index is 3.64. The Morgan fingerprint density at radius 1 is 0.769 bits per heavy atom. The van der Waals surface area contributed by atoms with Gasteiger partial charge < -0.3 is 10.5 Å². The molecule has 1 aliphatic heterocycles. The third-order valence-corrected chi connectivity index (χ3v) is 5.63. The summed E-state index contributed by atoms with van der Waals surface area (Å²) in [6.07, 6.45) is 0. The zero-order valence-corrected chi connectivity index (χ0v) is 15.0. The van der Waals surface area contributed by atoms with Crippen molar-refractivity contribution < 1.29 is 0 Å². The first-order valence-electron chi connectivity index (χ1n) is 8.74. The van der Waals surface area contributed by atoms with E-state index >= 15 is 0 Å². The van der Waals surface area contributed by atoms with Crippen LogP contribution >= 0.6 is 11.3 Å². The average molecular weight is 352 g/mol. The Bertz CT molecular complexity index is 1050. The van der Waals surface area contributed by atoms with Gasteiger partial charge in [0.1, 0.15) is 0 Å². The van der Waals surface area contributed by atoms with Crippen LogP contribution in [0.3, 0.4) is 0 Å². The van der Waals surface area contributed by atoms with E-state index in [-0.39, 0.29) is 6.98 Å². The zero-order chi connectivity index (χ0) is 17.3. The van der Waals surface area contributed by atoms with Gasteiger partial charge in [0.2, 0.25) is 0 Å². The molecule has 4 aromatic rings. The molecule has 0 unspecified atom stereocenters. The molecule has 124 valence electrons. The van der Waals surface area contributed by atoms with Crippen molar-refractivity contribution in [1.82, 2.24) is 0 Å². The first-order valence-corrected chi connectivity index (χ1v) is 9.62. The van der Waals surface area contributed by atoms with Crippen molar-refractivity contribution in [1.29, 1.82) is 0 Å². The van der Waals surface area contributed by atoms with E-state index in [2.05, 4.69) is 101 Å². The Kier molecular flexibility index (Phi) is 3.76. The molecule has 1 aromatic heterocycles. The molecule has 0 saturated carbocycles. The number of hydrogen-bond donors (Lipinski definition) is 2. The van der Waals surface area contributed by atoms with Crippen LogP contribution in [0.2, 0.25) is 0 Å². The Balaban J connectivity index is 1.59. The van der Waals surface area contributed by atoms with Gasteiger partial charge in [-0.3, -0.25) is 0 Å². The largest absolute Gasteiger partial charge is 0.405 e. The second kappa shape index (κ2) is 6.39. The molecular formula is C22H17BN2S. The van der Waals surface area contributed by atoms with Crippen LogP contribution in [0.15, 0.2) is 90.2 Å². The van der Waals surface area contributed by atoms with Crippen LogP contribution < -0.4 is 10.5 Å². The first kappa shape index (κ1) is 15.3. The van der Waals surface area contributed by atoms with Crippen molar-refractivity contribution in [2.75, 3.05) is 10.5 Å². The fourth-order valence-corrected chi connectivity index (χ4v) is 4.35. The van der Waals surface area contributed by atoms with Crippen molar-refractivity contribution >= 4 is 46.0 Å². The predicted molar refractivity (Wildman–Crippen MR) is 115 cm³/mol. The standard InChI is InChI=1S/C22H17BN2S/c1-2-7-16(8-3-1)18(21-13-6-14-26-21)15-23-24-19-11-4-9-17-10-5-12-20(25-23)22(17)19/h1-15,24-25H/b18-15-. The fourth-order valence-electron chi connectivity index (χ4n) is 3.57. The van der Waals surface area contributed by atoms with E-state index < -0.39 is 0 Å². The summed E-state index contributed by atoms with van der Waals surface area (Å²) in [5.74, 6) is 2.29. The molecule has 5 rings (SSSR count). The number of thiophene rings is 1. The van der Waals surface area contributed by atoms with Gasteiger partial charge >= 0.3 is 6.98 Å². The smallest absolute Gasteiger partial charge is 0.399 e. The fraction of sp³-hybridized carbons (Fsp3) is 0. The Labute approximate surface area is 157 Å².